The van der Waals surface area contributed by atoms with Crippen LogP contribution in [0.4, 0.5) is 4.39 Å². The average Bonchev–Trinajstić information content (AvgIpc) is 2.33. The van der Waals surface area contributed by atoms with Crippen LogP contribution in [0, 0.1) is 12.7 Å². The highest BCUT2D eigenvalue weighted by molar-refractivity contribution is 9.10. The molecule has 0 bridgehead atoms. The SMILES string of the molecule is Cc1nc(C(=O)O)nc2c(F)c(Br)c(C(C)C)cc12. The fourth-order valence-electron chi connectivity index (χ4n) is 1.89. The lowest BCUT2D eigenvalue weighted by Gasteiger charge is -2.12. The molecule has 0 radical (unpaired) electrons. The second-order valence-corrected chi connectivity index (χ2v) is 5.38. The number of aryl methyl sites for hydroxylation is 1. The monoisotopic (exact) mass is 326 g/mol. The molecule has 0 fully saturated rings. The number of benzene rings is 1. The highest BCUT2D eigenvalue weighted by atomic mass is 79.9. The van der Waals surface area contributed by atoms with Crippen LogP contribution in [-0.4, -0.2) is 21.0 Å². The first kappa shape index (κ1) is 13.9. The van der Waals surface area contributed by atoms with E-state index in [9.17, 15) is 9.18 Å². The predicted molar refractivity (Wildman–Crippen MR) is 73.0 cm³/mol. The largest absolute Gasteiger partial charge is 0.475 e. The lowest BCUT2D eigenvalue weighted by molar-refractivity contribution is 0.0683. The molecule has 6 heteroatoms. The van der Waals surface area contributed by atoms with Crippen LogP contribution < -0.4 is 0 Å². The van der Waals surface area contributed by atoms with Crippen LogP contribution in [0.5, 0.6) is 0 Å². The molecule has 2 aromatic rings. The molecular weight excluding hydrogens is 315 g/mol. The third-order valence-corrected chi connectivity index (χ3v) is 3.71. The van der Waals surface area contributed by atoms with E-state index in [1.165, 1.54) is 0 Å². The Kier molecular flexibility index (Phi) is 3.54. The van der Waals surface area contributed by atoms with Gasteiger partial charge in [0, 0.05) is 11.1 Å². The molecule has 0 aliphatic carbocycles. The lowest BCUT2D eigenvalue weighted by atomic mass is 10.00. The number of hydrogen-bond acceptors (Lipinski definition) is 3. The Hall–Kier alpha value is -1.56. The summed E-state index contributed by atoms with van der Waals surface area (Å²) >= 11 is 3.21. The number of aromatic nitrogens is 2. The first-order valence-corrected chi connectivity index (χ1v) is 6.51. The molecule has 0 unspecified atom stereocenters. The van der Waals surface area contributed by atoms with Gasteiger partial charge in [0.15, 0.2) is 5.82 Å². The minimum atomic E-state index is -1.27. The highest BCUT2D eigenvalue weighted by Gasteiger charge is 2.19. The molecule has 0 saturated heterocycles. The number of fused-ring (bicyclic) bond motifs is 1. The molecule has 0 atom stereocenters. The van der Waals surface area contributed by atoms with Crippen molar-refractivity contribution in [3.05, 3.63) is 33.4 Å². The van der Waals surface area contributed by atoms with Crippen molar-refractivity contribution in [3.8, 4) is 0 Å². The number of carbonyl (C=O) groups is 1. The van der Waals surface area contributed by atoms with Crippen LogP contribution in [0.3, 0.4) is 0 Å². The zero-order chi connectivity index (χ0) is 14.3. The van der Waals surface area contributed by atoms with Gasteiger partial charge in [-0.3, -0.25) is 0 Å². The van der Waals surface area contributed by atoms with Crippen LogP contribution in [0.1, 0.15) is 41.6 Å². The Morgan fingerprint density at radius 1 is 1.42 bits per heavy atom. The summed E-state index contributed by atoms with van der Waals surface area (Å²) in [7, 11) is 0. The zero-order valence-corrected chi connectivity index (χ0v) is 12.2. The molecule has 0 aliphatic heterocycles. The van der Waals surface area contributed by atoms with Crippen molar-refractivity contribution in [3.63, 3.8) is 0 Å². The van der Waals surface area contributed by atoms with E-state index < -0.39 is 17.6 Å². The summed E-state index contributed by atoms with van der Waals surface area (Å²) in [6.45, 7) is 5.55. The van der Waals surface area contributed by atoms with Gasteiger partial charge in [-0.05, 0) is 40.4 Å². The van der Waals surface area contributed by atoms with E-state index in [4.69, 9.17) is 5.11 Å². The van der Waals surface area contributed by atoms with E-state index in [1.807, 2.05) is 13.8 Å². The maximum Gasteiger partial charge on any atom is 0.373 e. The van der Waals surface area contributed by atoms with Crippen molar-refractivity contribution in [1.82, 2.24) is 9.97 Å². The summed E-state index contributed by atoms with van der Waals surface area (Å²) in [5, 5.41) is 9.45. The van der Waals surface area contributed by atoms with Gasteiger partial charge in [0.1, 0.15) is 5.52 Å². The first-order chi connectivity index (χ1) is 8.82. The molecule has 1 aromatic heterocycles. The molecule has 2 rings (SSSR count). The fourth-order valence-corrected chi connectivity index (χ4v) is 2.65. The summed E-state index contributed by atoms with van der Waals surface area (Å²) in [5.41, 5.74) is 1.29. The number of rotatable bonds is 2. The quantitative estimate of drug-likeness (QED) is 0.914. The Morgan fingerprint density at radius 2 is 2.05 bits per heavy atom. The number of nitrogens with zero attached hydrogens (tertiary/aromatic N) is 2. The lowest BCUT2D eigenvalue weighted by Crippen LogP contribution is -2.07. The number of aromatic carboxylic acids is 1. The molecule has 0 saturated carbocycles. The fraction of sp³-hybridized carbons (Fsp3) is 0.308. The van der Waals surface area contributed by atoms with Crippen LogP contribution in [0.2, 0.25) is 0 Å². The number of carboxylic acids is 1. The van der Waals surface area contributed by atoms with Gasteiger partial charge in [0.2, 0.25) is 5.82 Å². The summed E-state index contributed by atoms with van der Waals surface area (Å²) in [6, 6.07) is 1.80. The van der Waals surface area contributed by atoms with E-state index in [1.54, 1.807) is 13.0 Å². The molecule has 19 heavy (non-hydrogen) atoms. The minimum absolute atomic E-state index is 0.0289. The molecule has 100 valence electrons. The van der Waals surface area contributed by atoms with Gasteiger partial charge in [-0.1, -0.05) is 13.8 Å². The first-order valence-electron chi connectivity index (χ1n) is 5.72. The maximum atomic E-state index is 14.3. The highest BCUT2D eigenvalue weighted by Crippen LogP contribution is 2.33. The zero-order valence-electron chi connectivity index (χ0n) is 10.7. The number of hydrogen-bond donors (Lipinski definition) is 1. The molecule has 0 spiro atoms. The second-order valence-electron chi connectivity index (χ2n) is 4.58. The molecule has 1 aromatic carbocycles. The molecular formula is C13H12BrFN2O2. The maximum absolute atomic E-state index is 14.3. The number of halogens is 2. The normalized spacial score (nSPS) is 11.3. The van der Waals surface area contributed by atoms with Crippen molar-refractivity contribution in [2.75, 3.05) is 0 Å². The predicted octanol–water partition coefficient (Wildman–Crippen LogP) is 3.66. The third-order valence-electron chi connectivity index (χ3n) is 2.90. The van der Waals surface area contributed by atoms with Crippen molar-refractivity contribution in [2.45, 2.75) is 26.7 Å². The minimum Gasteiger partial charge on any atom is -0.475 e. The van der Waals surface area contributed by atoms with Gasteiger partial charge in [-0.2, -0.15) is 0 Å². The topological polar surface area (TPSA) is 63.1 Å². The molecule has 4 nitrogen and oxygen atoms in total. The Morgan fingerprint density at radius 3 is 2.58 bits per heavy atom. The third kappa shape index (κ3) is 2.32. The molecule has 1 N–H and O–H groups in total. The van der Waals surface area contributed by atoms with Gasteiger partial charge in [0.25, 0.3) is 0 Å². The smallest absolute Gasteiger partial charge is 0.373 e. The van der Waals surface area contributed by atoms with E-state index in [0.717, 1.165) is 5.56 Å². The van der Waals surface area contributed by atoms with Gasteiger partial charge in [-0.25, -0.2) is 19.2 Å². The summed E-state index contributed by atoms with van der Waals surface area (Å²) < 4.78 is 14.6. The van der Waals surface area contributed by atoms with Crippen LogP contribution in [0.15, 0.2) is 10.5 Å². The van der Waals surface area contributed by atoms with Crippen molar-refractivity contribution >= 4 is 32.8 Å². The Bertz CT molecular complexity index is 686. The second kappa shape index (κ2) is 4.85. The summed E-state index contributed by atoms with van der Waals surface area (Å²) in [5.74, 6) is -2.08. The van der Waals surface area contributed by atoms with Crippen LogP contribution in [0.25, 0.3) is 10.9 Å². The van der Waals surface area contributed by atoms with Gasteiger partial charge < -0.3 is 5.11 Å². The van der Waals surface area contributed by atoms with Gasteiger partial charge >= 0.3 is 5.97 Å². The van der Waals surface area contributed by atoms with E-state index >= 15 is 0 Å². The van der Waals surface area contributed by atoms with E-state index in [2.05, 4.69) is 25.9 Å². The van der Waals surface area contributed by atoms with Crippen LogP contribution in [-0.2, 0) is 0 Å². The summed E-state index contributed by atoms with van der Waals surface area (Å²) in [4.78, 5) is 18.6. The van der Waals surface area contributed by atoms with Crippen molar-refractivity contribution in [2.24, 2.45) is 0 Å². The van der Waals surface area contributed by atoms with Crippen molar-refractivity contribution in [1.29, 1.82) is 0 Å². The van der Waals surface area contributed by atoms with E-state index in [-0.39, 0.29) is 11.4 Å². The van der Waals surface area contributed by atoms with Gasteiger partial charge in [-0.15, -0.1) is 0 Å². The number of carboxylic acid groups (broad SMARTS) is 1. The molecule has 0 amide bonds. The Balaban J connectivity index is 2.88. The average molecular weight is 327 g/mol. The van der Waals surface area contributed by atoms with Crippen molar-refractivity contribution < 1.29 is 14.3 Å². The van der Waals surface area contributed by atoms with Crippen LogP contribution >= 0.6 is 15.9 Å². The standard InChI is InChI=1S/C13H12BrFN2O2/c1-5(2)7-4-8-6(3)16-12(13(18)19)17-11(8)10(15)9(7)14/h4-5H,1-3H3,(H,18,19). The summed E-state index contributed by atoms with van der Waals surface area (Å²) in [6.07, 6.45) is 0. The molecule has 1 heterocycles. The Labute approximate surface area is 117 Å². The van der Waals surface area contributed by atoms with Gasteiger partial charge in [0.05, 0.1) is 4.47 Å². The van der Waals surface area contributed by atoms with E-state index in [0.29, 0.717) is 15.6 Å². The molecule has 0 aliphatic rings.